The molecule has 8 nitrogen and oxygen atoms in total. The topological polar surface area (TPSA) is 85.4 Å². The lowest BCUT2D eigenvalue weighted by molar-refractivity contribution is 0.0371. The van der Waals surface area contributed by atoms with Crippen LogP contribution in [0.4, 0.5) is 20.6 Å². The number of halogens is 1. The van der Waals surface area contributed by atoms with E-state index in [1.807, 2.05) is 32.0 Å². The van der Waals surface area contributed by atoms with Crippen molar-refractivity contribution in [2.45, 2.75) is 26.0 Å². The molecular formula is C25H33FN4O4. The van der Waals surface area contributed by atoms with Crippen molar-refractivity contribution in [3.63, 3.8) is 0 Å². The molecule has 0 aliphatic carbocycles. The molecule has 2 N–H and O–H groups in total. The van der Waals surface area contributed by atoms with Crippen molar-refractivity contribution in [2.75, 3.05) is 51.1 Å². The van der Waals surface area contributed by atoms with Gasteiger partial charge in [0.25, 0.3) is 5.91 Å². The number of urea groups is 1. The Kier molecular flexibility index (Phi) is 7.98. The lowest BCUT2D eigenvalue weighted by Gasteiger charge is -2.38. The number of ether oxygens (including phenoxy) is 1. The zero-order valence-electron chi connectivity index (χ0n) is 20.3. The van der Waals surface area contributed by atoms with Gasteiger partial charge in [0, 0.05) is 45.0 Å². The van der Waals surface area contributed by atoms with Gasteiger partial charge in [-0.3, -0.25) is 4.79 Å². The normalized spacial score (nSPS) is 18.8. The van der Waals surface area contributed by atoms with Crippen LogP contribution in [0, 0.1) is 11.7 Å². The number of aliphatic hydroxyl groups excluding tert-OH is 1. The first-order valence-corrected chi connectivity index (χ1v) is 11.3. The molecule has 0 saturated heterocycles. The van der Waals surface area contributed by atoms with Crippen LogP contribution in [-0.2, 0) is 0 Å². The number of hydrogen-bond acceptors (Lipinski definition) is 5. The third kappa shape index (κ3) is 5.77. The molecule has 184 valence electrons. The van der Waals surface area contributed by atoms with E-state index >= 15 is 0 Å². The van der Waals surface area contributed by atoms with Crippen molar-refractivity contribution in [3.8, 4) is 5.75 Å². The maximum atomic E-state index is 13.4. The number of likely N-dealkylation sites (N-methyl/N-ethyl adjacent to an activating group) is 1. The number of amides is 3. The van der Waals surface area contributed by atoms with Crippen molar-refractivity contribution in [3.05, 3.63) is 53.8 Å². The molecular weight excluding hydrogens is 439 g/mol. The fraction of sp³-hybridized carbons (Fsp3) is 0.440. The number of benzene rings is 2. The summed E-state index contributed by atoms with van der Waals surface area (Å²) in [5, 5.41) is 12.5. The van der Waals surface area contributed by atoms with Crippen LogP contribution in [-0.4, -0.2) is 79.8 Å². The van der Waals surface area contributed by atoms with E-state index in [-0.39, 0.29) is 42.9 Å². The fourth-order valence-corrected chi connectivity index (χ4v) is 3.81. The number of hydrogen-bond donors (Lipinski definition) is 2. The molecule has 0 aromatic heterocycles. The van der Waals surface area contributed by atoms with E-state index in [0.29, 0.717) is 23.5 Å². The second-order valence-corrected chi connectivity index (χ2v) is 9.02. The summed E-state index contributed by atoms with van der Waals surface area (Å²) < 4.78 is 19.5. The van der Waals surface area contributed by atoms with Crippen molar-refractivity contribution in [1.82, 2.24) is 9.80 Å². The van der Waals surface area contributed by atoms with Gasteiger partial charge < -0.3 is 29.9 Å². The van der Waals surface area contributed by atoms with Gasteiger partial charge in [-0.2, -0.15) is 0 Å². The largest absolute Gasteiger partial charge is 0.487 e. The summed E-state index contributed by atoms with van der Waals surface area (Å²) in [6.45, 7) is 4.23. The summed E-state index contributed by atoms with van der Waals surface area (Å²) in [4.78, 5) is 31.2. The van der Waals surface area contributed by atoms with Crippen LogP contribution in [0.5, 0.6) is 5.75 Å². The Labute approximate surface area is 199 Å². The van der Waals surface area contributed by atoms with Crippen LogP contribution in [0.1, 0.15) is 24.2 Å². The quantitative estimate of drug-likeness (QED) is 0.674. The smallest absolute Gasteiger partial charge is 0.321 e. The molecule has 0 bridgehead atoms. The Morgan fingerprint density at radius 3 is 2.53 bits per heavy atom. The van der Waals surface area contributed by atoms with E-state index in [4.69, 9.17) is 4.74 Å². The zero-order chi connectivity index (χ0) is 25.0. The summed E-state index contributed by atoms with van der Waals surface area (Å²) in [7, 11) is 5.44. The summed E-state index contributed by atoms with van der Waals surface area (Å²) in [5.41, 5.74) is 1.76. The van der Waals surface area contributed by atoms with Gasteiger partial charge in [-0.05, 0) is 49.4 Å². The monoisotopic (exact) mass is 472 g/mol. The highest BCUT2D eigenvalue weighted by Crippen LogP contribution is 2.31. The van der Waals surface area contributed by atoms with Crippen molar-refractivity contribution < 1.29 is 23.8 Å². The minimum absolute atomic E-state index is 0.124. The molecule has 0 spiro atoms. The first-order valence-electron chi connectivity index (χ1n) is 11.3. The summed E-state index contributed by atoms with van der Waals surface area (Å²) in [6, 6.07) is 10.3. The SMILES string of the molecule is C[C@H]1CN([C@@H](C)CO)C(=O)c2cc(N(C)C)ccc2O[C@H]1CN(C)C(=O)Nc1ccc(F)cc1. The highest BCUT2D eigenvalue weighted by molar-refractivity contribution is 5.98. The third-order valence-corrected chi connectivity index (χ3v) is 6.06. The Morgan fingerprint density at radius 2 is 1.91 bits per heavy atom. The number of anilines is 2. The first kappa shape index (κ1) is 25.3. The lowest BCUT2D eigenvalue weighted by Crippen LogP contribution is -2.50. The van der Waals surface area contributed by atoms with Gasteiger partial charge in [-0.25, -0.2) is 9.18 Å². The van der Waals surface area contributed by atoms with Gasteiger partial charge in [0.05, 0.1) is 24.8 Å². The summed E-state index contributed by atoms with van der Waals surface area (Å²) in [5.74, 6) is -0.265. The van der Waals surface area contributed by atoms with Gasteiger partial charge in [-0.15, -0.1) is 0 Å². The van der Waals surface area contributed by atoms with Gasteiger partial charge in [0.15, 0.2) is 0 Å². The number of carbonyl (C=O) groups excluding carboxylic acids is 2. The Hall–Kier alpha value is -3.33. The second-order valence-electron chi connectivity index (χ2n) is 9.02. The van der Waals surface area contributed by atoms with Crippen LogP contribution in [0.2, 0.25) is 0 Å². The fourth-order valence-electron chi connectivity index (χ4n) is 3.81. The van der Waals surface area contributed by atoms with E-state index in [0.717, 1.165) is 5.69 Å². The van der Waals surface area contributed by atoms with E-state index < -0.39 is 6.10 Å². The van der Waals surface area contributed by atoms with Gasteiger partial charge in [0.1, 0.15) is 17.7 Å². The first-order chi connectivity index (χ1) is 16.1. The Balaban J connectivity index is 1.85. The number of fused-ring (bicyclic) bond motifs is 1. The molecule has 34 heavy (non-hydrogen) atoms. The van der Waals surface area contributed by atoms with E-state index in [2.05, 4.69) is 5.32 Å². The van der Waals surface area contributed by atoms with E-state index in [9.17, 15) is 19.1 Å². The molecule has 1 aliphatic rings. The summed E-state index contributed by atoms with van der Waals surface area (Å²) in [6.07, 6.45) is -0.408. The number of carbonyl (C=O) groups is 2. The molecule has 3 atom stereocenters. The number of nitrogens with one attached hydrogen (secondary N) is 1. The van der Waals surface area contributed by atoms with Crippen LogP contribution < -0.4 is 15.0 Å². The maximum absolute atomic E-state index is 13.4. The molecule has 0 radical (unpaired) electrons. The van der Waals surface area contributed by atoms with Crippen LogP contribution in [0.3, 0.4) is 0 Å². The van der Waals surface area contributed by atoms with Gasteiger partial charge in [-0.1, -0.05) is 6.92 Å². The third-order valence-electron chi connectivity index (χ3n) is 6.06. The van der Waals surface area contributed by atoms with Crippen LogP contribution >= 0.6 is 0 Å². The number of aliphatic hydroxyl groups is 1. The molecule has 0 saturated carbocycles. The van der Waals surface area contributed by atoms with Crippen molar-refractivity contribution in [1.29, 1.82) is 0 Å². The molecule has 3 rings (SSSR count). The minimum Gasteiger partial charge on any atom is -0.487 e. The average molecular weight is 473 g/mol. The Morgan fingerprint density at radius 1 is 1.24 bits per heavy atom. The molecule has 1 heterocycles. The molecule has 1 aliphatic heterocycles. The van der Waals surface area contributed by atoms with E-state index in [1.54, 1.807) is 31.0 Å². The van der Waals surface area contributed by atoms with E-state index in [1.165, 1.54) is 29.2 Å². The highest BCUT2D eigenvalue weighted by atomic mass is 19.1. The standard InChI is InChI=1S/C25H33FN4O4/c1-16-13-30(17(2)15-31)24(32)21-12-20(28(3)4)10-11-22(21)34-23(16)14-29(5)25(33)27-19-8-6-18(26)7-9-19/h6-12,16-17,23,31H,13-15H2,1-5H3,(H,27,33)/t16-,17-,23-/m0/s1. The number of rotatable bonds is 6. The van der Waals surface area contributed by atoms with Crippen LogP contribution in [0.25, 0.3) is 0 Å². The molecule has 2 aromatic rings. The maximum Gasteiger partial charge on any atom is 0.321 e. The zero-order valence-corrected chi connectivity index (χ0v) is 20.3. The number of nitrogens with zero attached hydrogens (tertiary/aromatic N) is 3. The van der Waals surface area contributed by atoms with Gasteiger partial charge in [0.2, 0.25) is 0 Å². The molecule has 0 unspecified atom stereocenters. The molecule has 0 fully saturated rings. The average Bonchev–Trinajstić information content (AvgIpc) is 2.81. The molecule has 3 amide bonds. The molecule has 2 aromatic carbocycles. The van der Waals surface area contributed by atoms with Crippen molar-refractivity contribution >= 4 is 23.3 Å². The molecule has 9 heteroatoms. The lowest BCUT2D eigenvalue weighted by atomic mass is 9.99. The summed E-state index contributed by atoms with van der Waals surface area (Å²) >= 11 is 0. The Bertz CT molecular complexity index is 1010. The van der Waals surface area contributed by atoms with Crippen molar-refractivity contribution in [2.24, 2.45) is 5.92 Å². The predicted octanol–water partition coefficient (Wildman–Crippen LogP) is 3.28. The minimum atomic E-state index is -0.408. The van der Waals surface area contributed by atoms with Crippen LogP contribution in [0.15, 0.2) is 42.5 Å². The second kappa shape index (κ2) is 10.7. The highest BCUT2D eigenvalue weighted by Gasteiger charge is 2.34. The van der Waals surface area contributed by atoms with Gasteiger partial charge >= 0.3 is 6.03 Å². The predicted molar refractivity (Wildman–Crippen MR) is 130 cm³/mol.